The summed E-state index contributed by atoms with van der Waals surface area (Å²) >= 11 is 0. The Balaban J connectivity index is 0.00000182. The van der Waals surface area contributed by atoms with Crippen molar-refractivity contribution in [2.75, 3.05) is 18.8 Å². The molecule has 6 heteroatoms. The maximum Gasteiger partial charge on any atom is 0.251 e. The second kappa shape index (κ2) is 11.2. The smallest absolute Gasteiger partial charge is 0.251 e. The van der Waals surface area contributed by atoms with Crippen molar-refractivity contribution in [3.05, 3.63) is 65.2 Å². The molecule has 1 fully saturated rings. The molecule has 1 aliphatic heterocycles. The highest BCUT2D eigenvalue weighted by atomic mass is 35.5. The monoisotopic (exact) mass is 409 g/mol. The summed E-state index contributed by atoms with van der Waals surface area (Å²) in [7, 11) is 0. The summed E-state index contributed by atoms with van der Waals surface area (Å²) in [5.41, 5.74) is 9.43. The van der Waals surface area contributed by atoms with E-state index in [0.717, 1.165) is 25.6 Å². The SMILES string of the molecule is CC1CCN(Cc2ccccc2CNC(=O)c2cccc(N)c2)CC1.Cl.Cl. The molecule has 1 aliphatic rings. The normalized spacial score (nSPS) is 14.7. The molecule has 1 heterocycles. The zero-order chi connectivity index (χ0) is 17.6. The van der Waals surface area contributed by atoms with E-state index in [1.54, 1.807) is 24.3 Å². The maximum absolute atomic E-state index is 12.3. The highest BCUT2D eigenvalue weighted by Crippen LogP contribution is 2.19. The number of nitrogens with two attached hydrogens (primary N) is 1. The molecule has 0 saturated carbocycles. The predicted molar refractivity (Wildman–Crippen MR) is 117 cm³/mol. The van der Waals surface area contributed by atoms with Crippen LogP contribution in [0.15, 0.2) is 48.5 Å². The van der Waals surface area contributed by atoms with Gasteiger partial charge < -0.3 is 11.1 Å². The quantitative estimate of drug-likeness (QED) is 0.724. The van der Waals surface area contributed by atoms with Gasteiger partial charge in [-0.2, -0.15) is 0 Å². The second-order valence-corrected chi connectivity index (χ2v) is 7.04. The van der Waals surface area contributed by atoms with Gasteiger partial charge in [-0.1, -0.05) is 37.3 Å². The number of nitrogen functional groups attached to an aromatic ring is 1. The van der Waals surface area contributed by atoms with E-state index in [2.05, 4.69) is 35.3 Å². The Morgan fingerprint density at radius 1 is 1.07 bits per heavy atom. The van der Waals surface area contributed by atoms with Gasteiger partial charge in [0.1, 0.15) is 0 Å². The highest BCUT2D eigenvalue weighted by molar-refractivity contribution is 5.94. The lowest BCUT2D eigenvalue weighted by atomic mass is 9.98. The van der Waals surface area contributed by atoms with Crippen LogP contribution in [0.1, 0.15) is 41.3 Å². The van der Waals surface area contributed by atoms with Crippen molar-refractivity contribution in [2.24, 2.45) is 5.92 Å². The van der Waals surface area contributed by atoms with Gasteiger partial charge in [0.25, 0.3) is 5.91 Å². The third kappa shape index (κ3) is 6.73. The number of halogens is 2. The van der Waals surface area contributed by atoms with E-state index in [0.29, 0.717) is 17.8 Å². The van der Waals surface area contributed by atoms with Crippen LogP contribution in [0, 0.1) is 5.92 Å². The first-order valence-corrected chi connectivity index (χ1v) is 9.04. The Bertz CT molecular complexity index is 731. The van der Waals surface area contributed by atoms with Crippen LogP contribution in [0.5, 0.6) is 0 Å². The Kier molecular flexibility index (Phi) is 9.64. The van der Waals surface area contributed by atoms with Crippen molar-refractivity contribution < 1.29 is 4.79 Å². The molecule has 2 aromatic rings. The fourth-order valence-electron chi connectivity index (χ4n) is 3.30. The Hall–Kier alpha value is -1.75. The minimum Gasteiger partial charge on any atom is -0.399 e. The first kappa shape index (κ1) is 23.3. The fourth-order valence-corrected chi connectivity index (χ4v) is 3.30. The summed E-state index contributed by atoms with van der Waals surface area (Å²) in [5.74, 6) is 0.748. The van der Waals surface area contributed by atoms with Crippen molar-refractivity contribution in [3.63, 3.8) is 0 Å². The number of nitrogens with zero attached hydrogens (tertiary/aromatic N) is 1. The van der Waals surface area contributed by atoms with Crippen molar-refractivity contribution >= 4 is 36.4 Å². The molecule has 3 N–H and O–H groups in total. The highest BCUT2D eigenvalue weighted by Gasteiger charge is 2.17. The number of benzene rings is 2. The molecule has 0 atom stereocenters. The molecule has 3 rings (SSSR count). The molecule has 0 aliphatic carbocycles. The summed E-state index contributed by atoms with van der Waals surface area (Å²) in [6, 6.07) is 15.4. The van der Waals surface area contributed by atoms with E-state index in [9.17, 15) is 4.79 Å². The summed E-state index contributed by atoms with van der Waals surface area (Å²) in [6.45, 7) is 6.14. The number of amides is 1. The summed E-state index contributed by atoms with van der Waals surface area (Å²) < 4.78 is 0. The number of piperidine rings is 1. The molecule has 0 bridgehead atoms. The summed E-state index contributed by atoms with van der Waals surface area (Å²) in [5, 5.41) is 3.01. The molecule has 2 aromatic carbocycles. The van der Waals surface area contributed by atoms with Crippen molar-refractivity contribution in [3.8, 4) is 0 Å². The van der Waals surface area contributed by atoms with Crippen LogP contribution in [-0.2, 0) is 13.1 Å². The molecule has 1 amide bonds. The van der Waals surface area contributed by atoms with E-state index in [1.165, 1.54) is 24.0 Å². The predicted octanol–water partition coefficient (Wildman–Crippen LogP) is 4.27. The second-order valence-electron chi connectivity index (χ2n) is 7.04. The van der Waals surface area contributed by atoms with Gasteiger partial charge >= 0.3 is 0 Å². The average molecular weight is 410 g/mol. The minimum absolute atomic E-state index is 0. The van der Waals surface area contributed by atoms with Crippen molar-refractivity contribution in [1.82, 2.24) is 10.2 Å². The molecule has 0 unspecified atom stereocenters. The van der Waals surface area contributed by atoms with Gasteiger partial charge in [0.15, 0.2) is 0 Å². The van der Waals surface area contributed by atoms with Crippen LogP contribution in [0.25, 0.3) is 0 Å². The number of anilines is 1. The maximum atomic E-state index is 12.3. The Morgan fingerprint density at radius 3 is 2.41 bits per heavy atom. The number of carbonyl (C=O) groups excluding carboxylic acids is 1. The lowest BCUT2D eigenvalue weighted by Gasteiger charge is -2.30. The van der Waals surface area contributed by atoms with E-state index < -0.39 is 0 Å². The molecule has 4 nitrogen and oxygen atoms in total. The lowest BCUT2D eigenvalue weighted by Crippen LogP contribution is -2.33. The zero-order valence-corrected chi connectivity index (χ0v) is 17.3. The van der Waals surface area contributed by atoms with Crippen LogP contribution in [-0.4, -0.2) is 23.9 Å². The summed E-state index contributed by atoms with van der Waals surface area (Å²) in [6.07, 6.45) is 2.54. The number of rotatable bonds is 5. The Morgan fingerprint density at radius 2 is 1.74 bits per heavy atom. The first-order chi connectivity index (χ1) is 12.1. The van der Waals surface area contributed by atoms with E-state index in [4.69, 9.17) is 5.73 Å². The molecular weight excluding hydrogens is 381 g/mol. The van der Waals surface area contributed by atoms with Crippen molar-refractivity contribution in [2.45, 2.75) is 32.9 Å². The fraction of sp³-hybridized carbons (Fsp3) is 0.381. The van der Waals surface area contributed by atoms with Gasteiger partial charge in [0, 0.05) is 24.3 Å². The van der Waals surface area contributed by atoms with Gasteiger partial charge in [-0.05, 0) is 61.2 Å². The van der Waals surface area contributed by atoms with E-state index >= 15 is 0 Å². The third-order valence-corrected chi connectivity index (χ3v) is 4.98. The molecule has 0 radical (unpaired) electrons. The Labute approximate surface area is 174 Å². The average Bonchev–Trinajstić information content (AvgIpc) is 2.62. The van der Waals surface area contributed by atoms with Crippen LogP contribution < -0.4 is 11.1 Å². The standard InChI is InChI=1S/C21H27N3O.2ClH/c1-16-9-11-24(12-10-16)15-19-6-3-2-5-18(19)14-23-21(25)17-7-4-8-20(22)13-17;;/h2-8,13,16H,9-12,14-15,22H2,1H3,(H,23,25);2*1H. The van der Waals surface area contributed by atoms with Crippen LogP contribution in [0.3, 0.4) is 0 Å². The first-order valence-electron chi connectivity index (χ1n) is 9.04. The number of nitrogens with one attached hydrogen (secondary N) is 1. The van der Waals surface area contributed by atoms with E-state index in [1.807, 2.05) is 6.07 Å². The van der Waals surface area contributed by atoms with Crippen LogP contribution >= 0.6 is 24.8 Å². The van der Waals surface area contributed by atoms with Gasteiger partial charge in [-0.25, -0.2) is 0 Å². The molecular formula is C21H29Cl2N3O. The van der Waals surface area contributed by atoms with Gasteiger partial charge in [0.05, 0.1) is 0 Å². The lowest BCUT2D eigenvalue weighted by molar-refractivity contribution is 0.0950. The zero-order valence-electron chi connectivity index (χ0n) is 15.7. The van der Waals surface area contributed by atoms with Crippen LogP contribution in [0.4, 0.5) is 5.69 Å². The molecule has 0 aromatic heterocycles. The molecule has 148 valence electrons. The van der Waals surface area contributed by atoms with Crippen molar-refractivity contribution in [1.29, 1.82) is 0 Å². The van der Waals surface area contributed by atoms with Crippen LogP contribution in [0.2, 0.25) is 0 Å². The molecule has 0 spiro atoms. The number of hydrogen-bond acceptors (Lipinski definition) is 3. The topological polar surface area (TPSA) is 58.4 Å². The molecule has 27 heavy (non-hydrogen) atoms. The van der Waals surface area contributed by atoms with Gasteiger partial charge in [-0.3, -0.25) is 9.69 Å². The number of carbonyl (C=O) groups is 1. The van der Waals surface area contributed by atoms with E-state index in [-0.39, 0.29) is 30.7 Å². The summed E-state index contributed by atoms with van der Waals surface area (Å²) in [4.78, 5) is 14.8. The molecule has 1 saturated heterocycles. The van der Waals surface area contributed by atoms with Gasteiger partial charge in [-0.15, -0.1) is 24.8 Å². The van der Waals surface area contributed by atoms with Gasteiger partial charge in [0.2, 0.25) is 0 Å². The largest absolute Gasteiger partial charge is 0.399 e. The number of likely N-dealkylation sites (tertiary alicyclic amines) is 1. The minimum atomic E-state index is -0.0890. The number of hydrogen-bond donors (Lipinski definition) is 2. The third-order valence-electron chi connectivity index (χ3n) is 4.98.